The molecule has 74 heavy (non-hydrogen) atoms. The molecule has 22 nitrogen and oxygen atoms in total. The minimum absolute atomic E-state index is 0.00128. The maximum Gasteiger partial charge on any atom is 0.326 e. The number of benzene rings is 1. The van der Waals surface area contributed by atoms with Crippen molar-refractivity contribution in [3.05, 3.63) is 29.8 Å². The van der Waals surface area contributed by atoms with Gasteiger partial charge in [-0.2, -0.15) is 11.8 Å². The maximum absolute atomic E-state index is 14.2. The normalized spacial score (nSPS) is 14.7. The summed E-state index contributed by atoms with van der Waals surface area (Å²) in [7, 11) is 0. The summed E-state index contributed by atoms with van der Waals surface area (Å²) in [5.74, 6) is -8.74. The molecular weight excluding hydrogens is 979 g/mol. The van der Waals surface area contributed by atoms with Gasteiger partial charge >= 0.3 is 11.9 Å². The van der Waals surface area contributed by atoms with E-state index in [2.05, 4.69) is 42.5 Å². The number of thioether (sulfide) groups is 1. The molecular formula is C51H85N9O13S. The van der Waals surface area contributed by atoms with E-state index in [0.717, 1.165) is 0 Å². The van der Waals surface area contributed by atoms with Crippen LogP contribution in [-0.4, -0.2) is 141 Å². The fourth-order valence-corrected chi connectivity index (χ4v) is 8.18. The second kappa shape index (κ2) is 33.8. The summed E-state index contributed by atoms with van der Waals surface area (Å²) in [5.41, 5.74) is 6.69. The summed E-state index contributed by atoms with van der Waals surface area (Å²) in [4.78, 5) is 133. The highest BCUT2D eigenvalue weighted by atomic mass is 32.2. The molecule has 0 aromatic heterocycles. The molecule has 0 saturated heterocycles. The molecule has 1 aromatic carbocycles. The van der Waals surface area contributed by atoms with Crippen molar-refractivity contribution in [3.63, 3.8) is 0 Å². The van der Waals surface area contributed by atoms with E-state index in [0.29, 0.717) is 17.7 Å². The van der Waals surface area contributed by atoms with E-state index in [9.17, 15) is 63.3 Å². The number of amides is 8. The minimum atomic E-state index is -1.51. The van der Waals surface area contributed by atoms with E-state index in [1.54, 1.807) is 59.9 Å². The Hall–Kier alpha value is -5.97. The highest BCUT2D eigenvalue weighted by Crippen LogP contribution is 2.15. The molecule has 13 N–H and O–H groups in total. The number of aliphatic carboxylic acids is 2. The topological polar surface area (TPSA) is 354 Å². The number of aromatic hydroxyl groups is 1. The van der Waals surface area contributed by atoms with Crippen LogP contribution in [0.2, 0.25) is 0 Å². The largest absolute Gasteiger partial charge is 0.508 e. The van der Waals surface area contributed by atoms with Gasteiger partial charge in [0.15, 0.2) is 0 Å². The van der Waals surface area contributed by atoms with E-state index in [4.69, 9.17) is 5.73 Å². The number of hydrogen-bond donors (Lipinski definition) is 12. The smallest absolute Gasteiger partial charge is 0.326 e. The number of carboxylic acid groups (broad SMARTS) is 2. The average molecular weight is 1060 g/mol. The second-order valence-corrected chi connectivity index (χ2v) is 21.9. The van der Waals surface area contributed by atoms with Crippen LogP contribution in [0.25, 0.3) is 0 Å². The number of nitrogens with two attached hydrogens (primary N) is 1. The zero-order valence-corrected chi connectivity index (χ0v) is 45.8. The highest BCUT2D eigenvalue weighted by molar-refractivity contribution is 7.98. The molecule has 0 aliphatic carbocycles. The minimum Gasteiger partial charge on any atom is -0.508 e. The third-order valence-corrected chi connectivity index (χ3v) is 12.0. The van der Waals surface area contributed by atoms with Crippen LogP contribution in [0.3, 0.4) is 0 Å². The molecule has 1 aromatic rings. The molecule has 8 atom stereocenters. The Morgan fingerprint density at radius 2 is 0.865 bits per heavy atom. The number of hydrogen-bond acceptors (Lipinski definition) is 13. The van der Waals surface area contributed by atoms with Crippen LogP contribution < -0.4 is 48.3 Å². The number of carboxylic acids is 2. The van der Waals surface area contributed by atoms with Gasteiger partial charge in [0.05, 0.1) is 12.6 Å². The number of carbonyl (C=O) groups is 10. The van der Waals surface area contributed by atoms with Gasteiger partial charge in [0.1, 0.15) is 48.0 Å². The van der Waals surface area contributed by atoms with Crippen molar-refractivity contribution in [3.8, 4) is 5.75 Å². The van der Waals surface area contributed by atoms with E-state index in [-0.39, 0.29) is 73.9 Å². The van der Waals surface area contributed by atoms with Crippen molar-refractivity contribution in [2.24, 2.45) is 35.3 Å². The number of carbonyl (C=O) groups excluding carboxylic acids is 8. The SMILES string of the molecule is CSCC[C@H](NC(=O)[C@H](CCC(=O)O)NC(=O)[C@H](CC(C)C)NC(=O)[C@H](CC(C)C)NC(=O)[C@H](CC(C)C)NC(=O)CNC(=O)[C@H](Cc1ccc(O)cc1)NC(=O)[C@@H](N)CC(C)C)C(=O)N[C@@H](CC(C)C)C(=O)O. The molecule has 0 heterocycles. The average Bonchev–Trinajstić information content (AvgIpc) is 3.29. The molecule has 0 saturated carbocycles. The van der Waals surface area contributed by atoms with E-state index in [1.807, 2.05) is 27.7 Å². The third kappa shape index (κ3) is 26.8. The molecule has 0 aliphatic rings. The molecule has 418 valence electrons. The van der Waals surface area contributed by atoms with Crippen molar-refractivity contribution in [1.29, 1.82) is 0 Å². The van der Waals surface area contributed by atoms with Gasteiger partial charge in [-0.3, -0.25) is 43.2 Å². The summed E-state index contributed by atoms with van der Waals surface area (Å²) in [6, 6.07) is -3.78. The lowest BCUT2D eigenvalue weighted by atomic mass is 9.98. The lowest BCUT2D eigenvalue weighted by Gasteiger charge is -2.29. The zero-order chi connectivity index (χ0) is 56.4. The Morgan fingerprint density at radius 1 is 0.486 bits per heavy atom. The Bertz CT molecular complexity index is 2020. The van der Waals surface area contributed by atoms with E-state index >= 15 is 0 Å². The van der Waals surface area contributed by atoms with Crippen LogP contribution in [-0.2, 0) is 54.4 Å². The Balaban J connectivity index is 3.35. The number of phenolic OH excluding ortho intramolecular Hbond substituents is 1. The van der Waals surface area contributed by atoms with Gasteiger partial charge < -0.3 is 63.6 Å². The Kier molecular flexibility index (Phi) is 30.1. The van der Waals surface area contributed by atoms with Crippen molar-refractivity contribution < 1.29 is 63.3 Å². The molecule has 23 heteroatoms. The predicted octanol–water partition coefficient (Wildman–Crippen LogP) is 1.70. The summed E-state index contributed by atoms with van der Waals surface area (Å²) in [6.07, 6.45) is 1.61. The third-order valence-electron chi connectivity index (χ3n) is 11.4. The van der Waals surface area contributed by atoms with Gasteiger partial charge in [-0.15, -0.1) is 0 Å². The lowest BCUT2D eigenvalue weighted by molar-refractivity contribution is -0.142. The standard InChI is InChI=1S/C51H85N9O13S/c1-27(2)20-34(52)44(65)57-40(25-32-12-14-33(61)15-13-32)45(66)53-26-42(62)54-37(21-28(3)4)48(69)58-39(23-30(7)8)50(71)59-38(22-29(5)6)49(70)55-35(16-17-43(63)64)46(67)56-36(18-19-74-11)47(68)60-41(51(72)73)24-31(9)10/h12-15,27-31,34-41,61H,16-26,52H2,1-11H3,(H,53,66)(H,54,62)(H,55,70)(H,56,67)(H,57,65)(H,58,69)(H,59,71)(H,60,68)(H,63,64)(H,72,73)/t34-,35-,36-,37-,38-,39-,40-,41-/m0/s1. The van der Waals surface area contributed by atoms with Crippen LogP contribution in [0.15, 0.2) is 24.3 Å². The summed E-state index contributed by atoms with van der Waals surface area (Å²) in [5, 5.41) is 49.8. The lowest BCUT2D eigenvalue weighted by Crippen LogP contribution is -2.60. The first-order chi connectivity index (χ1) is 34.5. The number of nitrogens with one attached hydrogen (secondary N) is 8. The van der Waals surface area contributed by atoms with Crippen molar-refractivity contribution in [2.75, 3.05) is 18.6 Å². The van der Waals surface area contributed by atoms with Gasteiger partial charge in [0.25, 0.3) is 0 Å². The van der Waals surface area contributed by atoms with E-state index in [1.165, 1.54) is 23.9 Å². The fraction of sp³-hybridized carbons (Fsp3) is 0.686. The number of phenols is 1. The van der Waals surface area contributed by atoms with Crippen LogP contribution in [0.1, 0.15) is 126 Å². The van der Waals surface area contributed by atoms with Crippen molar-refractivity contribution >= 4 is 71.0 Å². The summed E-state index contributed by atoms with van der Waals surface area (Å²) in [6.45, 7) is 17.6. The molecule has 1 rings (SSSR count). The first-order valence-electron chi connectivity index (χ1n) is 25.4. The van der Waals surface area contributed by atoms with Crippen LogP contribution in [0.5, 0.6) is 5.75 Å². The van der Waals surface area contributed by atoms with Gasteiger partial charge in [0, 0.05) is 12.8 Å². The van der Waals surface area contributed by atoms with Gasteiger partial charge in [-0.05, 0) is 104 Å². The molecule has 0 radical (unpaired) electrons. The zero-order valence-electron chi connectivity index (χ0n) is 45.0. The van der Waals surface area contributed by atoms with Gasteiger partial charge in [-0.1, -0.05) is 81.4 Å². The Labute approximate surface area is 440 Å². The first-order valence-corrected chi connectivity index (χ1v) is 26.8. The quantitative estimate of drug-likeness (QED) is 0.0460. The number of rotatable bonds is 35. The second-order valence-electron chi connectivity index (χ2n) is 20.9. The van der Waals surface area contributed by atoms with E-state index < -0.39 is 127 Å². The summed E-state index contributed by atoms with van der Waals surface area (Å²) < 4.78 is 0. The monoisotopic (exact) mass is 1060 g/mol. The summed E-state index contributed by atoms with van der Waals surface area (Å²) >= 11 is 1.37. The predicted molar refractivity (Wildman–Crippen MR) is 281 cm³/mol. The molecule has 0 fully saturated rings. The molecule has 0 aliphatic heterocycles. The van der Waals surface area contributed by atoms with Crippen molar-refractivity contribution in [1.82, 2.24) is 42.5 Å². The van der Waals surface area contributed by atoms with Crippen LogP contribution in [0, 0.1) is 29.6 Å². The molecule has 0 spiro atoms. The highest BCUT2D eigenvalue weighted by Gasteiger charge is 2.35. The van der Waals surface area contributed by atoms with Crippen LogP contribution >= 0.6 is 11.8 Å². The Morgan fingerprint density at radius 3 is 1.28 bits per heavy atom. The molecule has 0 unspecified atom stereocenters. The molecule has 0 bridgehead atoms. The van der Waals surface area contributed by atoms with Gasteiger partial charge in [-0.25, -0.2) is 4.79 Å². The van der Waals surface area contributed by atoms with Crippen molar-refractivity contribution in [2.45, 2.75) is 175 Å². The van der Waals surface area contributed by atoms with Gasteiger partial charge in [0.2, 0.25) is 47.3 Å². The fourth-order valence-electron chi connectivity index (χ4n) is 7.71. The molecule has 8 amide bonds. The maximum atomic E-state index is 14.2. The first kappa shape index (κ1) is 66.0. The van der Waals surface area contributed by atoms with Crippen LogP contribution in [0.4, 0.5) is 0 Å².